The van der Waals surface area contributed by atoms with Crippen LogP contribution >= 0.6 is 0 Å². The fraction of sp³-hybridized carbons (Fsp3) is 0.467. The minimum Gasteiger partial charge on any atom is -0.362 e. The van der Waals surface area contributed by atoms with Gasteiger partial charge in [0, 0.05) is 12.2 Å². The van der Waals surface area contributed by atoms with Crippen LogP contribution in [-0.2, 0) is 4.79 Å². The van der Waals surface area contributed by atoms with Crippen molar-refractivity contribution in [3.05, 3.63) is 30.3 Å². The summed E-state index contributed by atoms with van der Waals surface area (Å²) in [6, 6.07) is 8.07. The Morgan fingerprint density at radius 1 is 1.17 bits per heavy atom. The Bertz CT molecular complexity index is 545. The molecule has 23 heavy (non-hydrogen) atoms. The van der Waals surface area contributed by atoms with E-state index < -0.39 is 24.7 Å². The molecular weight excluding hydrogens is 311 g/mol. The average molecular weight is 329 g/mol. The largest absolute Gasteiger partial charge is 0.405 e. The number of halogens is 3. The van der Waals surface area contributed by atoms with Crippen molar-refractivity contribution in [2.75, 3.05) is 24.5 Å². The van der Waals surface area contributed by atoms with E-state index >= 15 is 0 Å². The first-order valence-electron chi connectivity index (χ1n) is 7.28. The van der Waals surface area contributed by atoms with Gasteiger partial charge in [-0.25, -0.2) is 4.79 Å². The van der Waals surface area contributed by atoms with Crippen LogP contribution in [0.15, 0.2) is 30.3 Å². The number of para-hydroxylation sites is 1. The summed E-state index contributed by atoms with van der Waals surface area (Å²) in [6.45, 7) is -0.877. The minimum atomic E-state index is -4.51. The van der Waals surface area contributed by atoms with Crippen molar-refractivity contribution in [1.82, 2.24) is 10.6 Å². The molecule has 0 radical (unpaired) electrons. The zero-order chi connectivity index (χ0) is 16.9. The van der Waals surface area contributed by atoms with Crippen LogP contribution in [0.25, 0.3) is 0 Å². The Morgan fingerprint density at radius 3 is 2.39 bits per heavy atom. The van der Waals surface area contributed by atoms with Gasteiger partial charge in [-0.3, -0.25) is 10.1 Å². The van der Waals surface area contributed by atoms with Crippen molar-refractivity contribution < 1.29 is 22.8 Å². The minimum absolute atomic E-state index is 0.0834. The maximum Gasteiger partial charge on any atom is 0.405 e. The first-order valence-corrected chi connectivity index (χ1v) is 7.28. The summed E-state index contributed by atoms with van der Waals surface area (Å²) in [7, 11) is 0. The molecule has 0 saturated heterocycles. The number of rotatable bonds is 6. The van der Waals surface area contributed by atoms with Crippen molar-refractivity contribution in [1.29, 1.82) is 0 Å². The molecule has 0 atom stereocenters. The molecule has 3 amide bonds. The molecular formula is C15H18F3N3O2. The van der Waals surface area contributed by atoms with Crippen LogP contribution in [-0.4, -0.2) is 37.7 Å². The van der Waals surface area contributed by atoms with Gasteiger partial charge in [0.25, 0.3) is 0 Å². The number of carbonyl (C=O) groups excluding carboxylic acids is 2. The molecule has 8 heteroatoms. The molecule has 0 bridgehead atoms. The molecule has 2 N–H and O–H groups in total. The van der Waals surface area contributed by atoms with Crippen LogP contribution in [0.5, 0.6) is 0 Å². The molecule has 1 aromatic rings. The number of imide groups is 1. The van der Waals surface area contributed by atoms with E-state index in [1.807, 2.05) is 40.5 Å². The number of amides is 3. The highest BCUT2D eigenvalue weighted by molar-refractivity contribution is 5.96. The van der Waals surface area contributed by atoms with Gasteiger partial charge in [0.1, 0.15) is 6.54 Å². The number of benzene rings is 1. The third-order valence-corrected chi connectivity index (χ3v) is 3.33. The van der Waals surface area contributed by atoms with Gasteiger partial charge in [-0.1, -0.05) is 18.2 Å². The molecule has 0 aromatic heterocycles. The fourth-order valence-electron chi connectivity index (χ4n) is 2.08. The highest BCUT2D eigenvalue weighted by Crippen LogP contribution is 2.31. The summed E-state index contributed by atoms with van der Waals surface area (Å²) in [5.74, 6) is -0.128. The van der Waals surface area contributed by atoms with Gasteiger partial charge >= 0.3 is 12.2 Å². The maximum atomic E-state index is 12.0. The Labute approximate surface area is 131 Å². The fourth-order valence-corrected chi connectivity index (χ4v) is 2.08. The molecule has 0 heterocycles. The first-order chi connectivity index (χ1) is 10.8. The number of carbonyl (C=O) groups is 2. The first kappa shape index (κ1) is 17.1. The van der Waals surface area contributed by atoms with Crippen molar-refractivity contribution in [2.24, 2.45) is 5.92 Å². The van der Waals surface area contributed by atoms with Gasteiger partial charge in [0.15, 0.2) is 0 Å². The molecule has 1 saturated carbocycles. The van der Waals surface area contributed by atoms with Gasteiger partial charge in [-0.2, -0.15) is 13.2 Å². The van der Waals surface area contributed by atoms with Crippen molar-refractivity contribution >= 4 is 17.6 Å². The lowest BCUT2D eigenvalue weighted by Gasteiger charge is -2.24. The maximum absolute atomic E-state index is 12.0. The number of hydrogen-bond donors (Lipinski definition) is 2. The molecule has 1 aliphatic rings. The predicted molar refractivity (Wildman–Crippen MR) is 79.0 cm³/mol. The summed E-state index contributed by atoms with van der Waals surface area (Å²) in [5, 5.41) is 3.52. The van der Waals surface area contributed by atoms with Crippen LogP contribution in [0.4, 0.5) is 23.7 Å². The normalized spacial score (nSPS) is 14.2. The second-order valence-electron chi connectivity index (χ2n) is 5.51. The molecule has 126 valence electrons. The Kier molecular flexibility index (Phi) is 5.46. The standard InChI is InChI=1S/C15H18F3N3O2/c16-15(17,18)10-19-14(23)20-13(22)9-21(8-11-6-7-11)12-4-2-1-3-5-12/h1-5,11H,6-10H2,(H2,19,20,22,23). The second-order valence-corrected chi connectivity index (χ2v) is 5.51. The van der Waals surface area contributed by atoms with E-state index in [0.717, 1.165) is 18.5 Å². The van der Waals surface area contributed by atoms with Crippen LogP contribution < -0.4 is 15.5 Å². The lowest BCUT2D eigenvalue weighted by Crippen LogP contribution is -2.47. The van der Waals surface area contributed by atoms with Gasteiger partial charge in [-0.05, 0) is 30.9 Å². The van der Waals surface area contributed by atoms with Crippen LogP contribution in [0.3, 0.4) is 0 Å². The van der Waals surface area contributed by atoms with Crippen LogP contribution in [0, 0.1) is 5.92 Å². The molecule has 2 rings (SSSR count). The summed E-state index contributed by atoms with van der Waals surface area (Å²) in [6.07, 6.45) is -2.32. The molecule has 0 spiro atoms. The van der Waals surface area contributed by atoms with Gasteiger partial charge in [-0.15, -0.1) is 0 Å². The molecule has 1 aromatic carbocycles. The van der Waals surface area contributed by atoms with Crippen molar-refractivity contribution in [3.8, 4) is 0 Å². The molecule has 5 nitrogen and oxygen atoms in total. The third kappa shape index (κ3) is 6.58. The van der Waals surface area contributed by atoms with Gasteiger partial charge in [0.05, 0.1) is 6.54 Å². The predicted octanol–water partition coefficient (Wildman–Crippen LogP) is 2.29. The van der Waals surface area contributed by atoms with Gasteiger partial charge < -0.3 is 10.2 Å². The topological polar surface area (TPSA) is 61.4 Å². The lowest BCUT2D eigenvalue weighted by atomic mass is 10.2. The monoisotopic (exact) mass is 329 g/mol. The van der Waals surface area contributed by atoms with Crippen molar-refractivity contribution in [3.63, 3.8) is 0 Å². The summed E-state index contributed by atoms with van der Waals surface area (Å²) < 4.78 is 36.0. The molecule has 0 unspecified atom stereocenters. The Morgan fingerprint density at radius 2 is 1.83 bits per heavy atom. The number of nitrogens with one attached hydrogen (secondary N) is 2. The highest BCUT2D eigenvalue weighted by atomic mass is 19.4. The number of hydrogen-bond acceptors (Lipinski definition) is 3. The summed E-state index contributed by atoms with van der Waals surface area (Å²) in [4.78, 5) is 25.0. The second kappa shape index (κ2) is 7.34. The van der Waals surface area contributed by atoms with Crippen LogP contribution in [0.2, 0.25) is 0 Å². The summed E-state index contributed by atoms with van der Waals surface area (Å²) >= 11 is 0. The Balaban J connectivity index is 1.86. The third-order valence-electron chi connectivity index (χ3n) is 3.33. The lowest BCUT2D eigenvalue weighted by molar-refractivity contribution is -0.124. The molecule has 0 aliphatic heterocycles. The quantitative estimate of drug-likeness (QED) is 0.842. The molecule has 1 fully saturated rings. The van der Waals surface area contributed by atoms with E-state index in [9.17, 15) is 22.8 Å². The molecule has 1 aliphatic carbocycles. The zero-order valence-electron chi connectivity index (χ0n) is 12.4. The van der Waals surface area contributed by atoms with E-state index in [4.69, 9.17) is 0 Å². The smallest absolute Gasteiger partial charge is 0.362 e. The number of alkyl halides is 3. The van der Waals surface area contributed by atoms with E-state index in [0.29, 0.717) is 12.5 Å². The van der Waals surface area contributed by atoms with E-state index in [1.54, 1.807) is 5.32 Å². The zero-order valence-corrected chi connectivity index (χ0v) is 12.4. The van der Waals surface area contributed by atoms with E-state index in [-0.39, 0.29) is 6.54 Å². The van der Waals surface area contributed by atoms with Crippen molar-refractivity contribution in [2.45, 2.75) is 19.0 Å². The SMILES string of the molecule is O=C(CN(CC1CC1)c1ccccc1)NC(=O)NCC(F)(F)F. The number of urea groups is 1. The highest BCUT2D eigenvalue weighted by Gasteiger charge is 2.28. The Hall–Kier alpha value is -2.25. The summed E-state index contributed by atoms with van der Waals surface area (Å²) in [5.41, 5.74) is 0.838. The van der Waals surface area contributed by atoms with E-state index in [1.165, 1.54) is 0 Å². The average Bonchev–Trinajstić information content (AvgIpc) is 3.29. The van der Waals surface area contributed by atoms with E-state index in [2.05, 4.69) is 0 Å². The van der Waals surface area contributed by atoms with Crippen LogP contribution in [0.1, 0.15) is 12.8 Å². The van der Waals surface area contributed by atoms with Gasteiger partial charge in [0.2, 0.25) is 5.91 Å². The number of nitrogens with zero attached hydrogens (tertiary/aromatic N) is 1. The number of anilines is 1.